The maximum absolute atomic E-state index is 6.02. The predicted molar refractivity (Wildman–Crippen MR) is 97.6 cm³/mol. The van der Waals surface area contributed by atoms with Gasteiger partial charge in [-0.3, -0.25) is 4.90 Å². The summed E-state index contributed by atoms with van der Waals surface area (Å²) in [7, 11) is 2.08. The van der Waals surface area contributed by atoms with E-state index < -0.39 is 0 Å². The highest BCUT2D eigenvalue weighted by molar-refractivity contribution is 5.52. The van der Waals surface area contributed by atoms with Crippen molar-refractivity contribution in [1.82, 2.24) is 14.9 Å². The molecule has 0 saturated carbocycles. The molecule has 3 rings (SSSR count). The third-order valence-electron chi connectivity index (χ3n) is 5.07. The second kappa shape index (κ2) is 7.98. The highest BCUT2D eigenvalue weighted by atomic mass is 16.5. The van der Waals surface area contributed by atoms with Crippen LogP contribution in [-0.2, 0) is 4.74 Å². The van der Waals surface area contributed by atoms with E-state index in [1.165, 1.54) is 25.8 Å². The van der Waals surface area contributed by atoms with Crippen molar-refractivity contribution < 1.29 is 4.74 Å². The SMILES string of the molecule is CC1CCCCN1CCN(C)c1cc(N)nc(N2CCOCC2)n1. The second-order valence-electron chi connectivity index (χ2n) is 6.85. The molecule has 0 aliphatic carbocycles. The second-order valence-corrected chi connectivity index (χ2v) is 6.85. The summed E-state index contributed by atoms with van der Waals surface area (Å²) < 4.78 is 5.40. The van der Waals surface area contributed by atoms with Gasteiger partial charge in [0.25, 0.3) is 0 Å². The molecule has 1 aromatic heterocycles. The van der Waals surface area contributed by atoms with Gasteiger partial charge in [0.1, 0.15) is 11.6 Å². The van der Waals surface area contributed by atoms with Crippen LogP contribution in [-0.4, -0.2) is 73.9 Å². The third kappa shape index (κ3) is 4.27. The fraction of sp³-hybridized carbons (Fsp3) is 0.765. The van der Waals surface area contributed by atoms with Gasteiger partial charge >= 0.3 is 0 Å². The Kier molecular flexibility index (Phi) is 5.73. The Labute approximate surface area is 144 Å². The van der Waals surface area contributed by atoms with Crippen molar-refractivity contribution in [3.05, 3.63) is 6.07 Å². The molecule has 7 heteroatoms. The van der Waals surface area contributed by atoms with Crippen LogP contribution in [0.4, 0.5) is 17.6 Å². The van der Waals surface area contributed by atoms with Crippen molar-refractivity contribution in [3.63, 3.8) is 0 Å². The first-order valence-electron chi connectivity index (χ1n) is 9.06. The van der Waals surface area contributed by atoms with Crippen molar-refractivity contribution in [3.8, 4) is 0 Å². The maximum Gasteiger partial charge on any atom is 0.229 e. The number of rotatable bonds is 5. The molecular formula is C17H30N6O. The monoisotopic (exact) mass is 334 g/mol. The Hall–Kier alpha value is -1.60. The van der Waals surface area contributed by atoms with Gasteiger partial charge in [0.2, 0.25) is 5.95 Å². The Morgan fingerprint density at radius 3 is 2.79 bits per heavy atom. The summed E-state index contributed by atoms with van der Waals surface area (Å²) in [5, 5.41) is 0. The summed E-state index contributed by atoms with van der Waals surface area (Å²) >= 11 is 0. The van der Waals surface area contributed by atoms with E-state index in [9.17, 15) is 0 Å². The van der Waals surface area contributed by atoms with Crippen molar-refractivity contribution in [2.75, 3.05) is 68.5 Å². The van der Waals surface area contributed by atoms with Crippen LogP contribution >= 0.6 is 0 Å². The number of nitrogens with two attached hydrogens (primary N) is 1. The van der Waals surface area contributed by atoms with E-state index >= 15 is 0 Å². The number of likely N-dealkylation sites (N-methyl/N-ethyl adjacent to an activating group) is 1. The zero-order valence-electron chi connectivity index (χ0n) is 14.9. The molecule has 1 atom stereocenters. The average Bonchev–Trinajstić information content (AvgIpc) is 2.61. The van der Waals surface area contributed by atoms with Crippen LogP contribution in [0.15, 0.2) is 6.07 Å². The van der Waals surface area contributed by atoms with E-state index in [1.54, 1.807) is 0 Å². The topological polar surface area (TPSA) is 70.8 Å². The minimum absolute atomic E-state index is 0.527. The first-order valence-corrected chi connectivity index (χ1v) is 9.06. The van der Waals surface area contributed by atoms with Gasteiger partial charge in [-0.1, -0.05) is 6.42 Å². The number of nitrogen functional groups attached to an aromatic ring is 1. The van der Waals surface area contributed by atoms with E-state index in [0.29, 0.717) is 17.8 Å². The van der Waals surface area contributed by atoms with Gasteiger partial charge < -0.3 is 20.3 Å². The molecule has 1 unspecified atom stereocenters. The summed E-state index contributed by atoms with van der Waals surface area (Å²) in [5.74, 6) is 2.14. The Bertz CT molecular complexity index is 534. The van der Waals surface area contributed by atoms with Crippen molar-refractivity contribution in [1.29, 1.82) is 0 Å². The fourth-order valence-corrected chi connectivity index (χ4v) is 3.42. The Morgan fingerprint density at radius 1 is 1.25 bits per heavy atom. The molecule has 2 N–H and O–H groups in total. The number of nitrogens with zero attached hydrogens (tertiary/aromatic N) is 5. The number of hydrogen-bond donors (Lipinski definition) is 1. The number of aromatic nitrogens is 2. The largest absolute Gasteiger partial charge is 0.383 e. The molecule has 0 aromatic carbocycles. The molecule has 0 bridgehead atoms. The van der Waals surface area contributed by atoms with E-state index in [-0.39, 0.29) is 0 Å². The fourth-order valence-electron chi connectivity index (χ4n) is 3.42. The van der Waals surface area contributed by atoms with Crippen LogP contribution in [0.1, 0.15) is 26.2 Å². The minimum atomic E-state index is 0.527. The molecule has 134 valence electrons. The lowest BCUT2D eigenvalue weighted by Gasteiger charge is -2.34. The highest BCUT2D eigenvalue weighted by Crippen LogP contribution is 2.20. The normalized spacial score (nSPS) is 22.6. The van der Waals surface area contributed by atoms with E-state index in [4.69, 9.17) is 15.5 Å². The summed E-state index contributed by atoms with van der Waals surface area (Å²) in [4.78, 5) is 16.0. The van der Waals surface area contributed by atoms with Crippen LogP contribution in [0.3, 0.4) is 0 Å². The summed E-state index contributed by atoms with van der Waals surface area (Å²) in [6, 6.07) is 2.55. The Balaban J connectivity index is 1.63. The van der Waals surface area contributed by atoms with Gasteiger partial charge in [0.05, 0.1) is 13.2 Å². The number of hydrogen-bond acceptors (Lipinski definition) is 7. The molecule has 24 heavy (non-hydrogen) atoms. The summed E-state index contributed by atoms with van der Waals surface area (Å²) in [6.07, 6.45) is 3.99. The van der Waals surface area contributed by atoms with Gasteiger partial charge in [0, 0.05) is 45.3 Å². The lowest BCUT2D eigenvalue weighted by molar-refractivity contribution is 0.122. The number of anilines is 3. The molecule has 2 saturated heterocycles. The third-order valence-corrected chi connectivity index (χ3v) is 5.07. The van der Waals surface area contributed by atoms with E-state index in [1.807, 2.05) is 6.07 Å². The molecule has 3 heterocycles. The molecule has 7 nitrogen and oxygen atoms in total. The first-order chi connectivity index (χ1) is 11.6. The number of likely N-dealkylation sites (tertiary alicyclic amines) is 1. The summed E-state index contributed by atoms with van der Waals surface area (Å²) in [5.41, 5.74) is 6.02. The van der Waals surface area contributed by atoms with Gasteiger partial charge in [-0.15, -0.1) is 0 Å². The van der Waals surface area contributed by atoms with Gasteiger partial charge in [-0.25, -0.2) is 0 Å². The zero-order chi connectivity index (χ0) is 16.9. The van der Waals surface area contributed by atoms with Crippen molar-refractivity contribution in [2.24, 2.45) is 0 Å². The van der Waals surface area contributed by atoms with Crippen LogP contribution in [0, 0.1) is 0 Å². The molecule has 1 aromatic rings. The lowest BCUT2D eigenvalue weighted by atomic mass is 10.0. The van der Waals surface area contributed by atoms with Gasteiger partial charge in [-0.05, 0) is 26.3 Å². The highest BCUT2D eigenvalue weighted by Gasteiger charge is 2.19. The zero-order valence-corrected chi connectivity index (χ0v) is 14.9. The average molecular weight is 334 g/mol. The van der Waals surface area contributed by atoms with E-state index in [2.05, 4.69) is 33.7 Å². The number of morpholine rings is 1. The molecule has 0 amide bonds. The quantitative estimate of drug-likeness (QED) is 0.868. The van der Waals surface area contributed by atoms with Gasteiger partial charge in [-0.2, -0.15) is 9.97 Å². The van der Waals surface area contributed by atoms with Crippen LogP contribution in [0.25, 0.3) is 0 Å². The Morgan fingerprint density at radius 2 is 2.04 bits per heavy atom. The van der Waals surface area contributed by atoms with Crippen molar-refractivity contribution >= 4 is 17.6 Å². The number of ether oxygens (including phenoxy) is 1. The maximum atomic E-state index is 6.02. The number of piperidine rings is 1. The van der Waals surface area contributed by atoms with Crippen molar-refractivity contribution in [2.45, 2.75) is 32.2 Å². The predicted octanol–water partition coefficient (Wildman–Crippen LogP) is 1.21. The van der Waals surface area contributed by atoms with Gasteiger partial charge in [0.15, 0.2) is 0 Å². The molecule has 2 aliphatic heterocycles. The van der Waals surface area contributed by atoms with Crippen LogP contribution in [0.5, 0.6) is 0 Å². The first kappa shape index (κ1) is 17.2. The minimum Gasteiger partial charge on any atom is -0.383 e. The van der Waals surface area contributed by atoms with Crippen LogP contribution in [0.2, 0.25) is 0 Å². The summed E-state index contributed by atoms with van der Waals surface area (Å²) in [6.45, 7) is 8.62. The smallest absolute Gasteiger partial charge is 0.229 e. The van der Waals surface area contributed by atoms with Crippen LogP contribution < -0.4 is 15.5 Å². The lowest BCUT2D eigenvalue weighted by Crippen LogP contribution is -2.42. The molecule has 0 radical (unpaired) electrons. The molecule has 2 aliphatic rings. The standard InChI is InChI=1S/C17H30N6O/c1-14-5-3-4-6-22(14)8-7-21(2)16-13-15(18)19-17(20-16)23-9-11-24-12-10-23/h13-14H,3-12H2,1-2H3,(H2,18,19,20). The molecule has 0 spiro atoms. The molecular weight excluding hydrogens is 304 g/mol. The molecule has 2 fully saturated rings. The van der Waals surface area contributed by atoms with E-state index in [0.717, 1.165) is 45.2 Å².